The van der Waals surface area contributed by atoms with Crippen molar-refractivity contribution in [2.24, 2.45) is 5.92 Å². The molecule has 6 heteroatoms. The highest BCUT2D eigenvalue weighted by Crippen LogP contribution is 2.37. The summed E-state index contributed by atoms with van der Waals surface area (Å²) in [6.07, 6.45) is -1.94. The molecule has 0 bridgehead atoms. The topological polar surface area (TPSA) is 60.8 Å². The quantitative estimate of drug-likeness (QED) is 0.706. The predicted octanol–water partition coefficient (Wildman–Crippen LogP) is 0.376. The summed E-state index contributed by atoms with van der Waals surface area (Å²) in [5.74, 6) is -3.23. The Balaban J connectivity index is 1.89. The van der Waals surface area contributed by atoms with E-state index in [1.165, 1.54) is 4.90 Å². The smallest absolute Gasteiger partial charge is 0.248 e. The number of halogens is 2. The highest BCUT2D eigenvalue weighted by molar-refractivity contribution is 5.79. The zero-order valence-corrected chi connectivity index (χ0v) is 9.48. The lowest BCUT2D eigenvalue weighted by molar-refractivity contribution is -0.139. The average Bonchev–Trinajstić information content (AvgIpc) is 2.58. The fourth-order valence-corrected chi connectivity index (χ4v) is 2.49. The second-order valence-electron chi connectivity index (χ2n) is 5.01. The van der Waals surface area contributed by atoms with Crippen LogP contribution >= 0.6 is 0 Å². The average molecular weight is 249 g/mol. The van der Waals surface area contributed by atoms with Gasteiger partial charge in [0.05, 0.1) is 12.2 Å². The molecule has 2 aliphatic rings. The van der Waals surface area contributed by atoms with Crippen LogP contribution in [0.25, 0.3) is 0 Å². The van der Waals surface area contributed by atoms with Crippen molar-refractivity contribution in [3.8, 4) is 0 Å². The summed E-state index contributed by atoms with van der Waals surface area (Å²) in [5.41, 5.74) is 0. The Bertz CT molecular complexity index is 291. The van der Waals surface area contributed by atoms with Gasteiger partial charge in [-0.2, -0.15) is 0 Å². The molecule has 1 heterocycles. The number of nitrogens with zero attached hydrogens (tertiary/aromatic N) is 1. The number of carbonyl (C=O) groups is 1. The van der Waals surface area contributed by atoms with E-state index in [1.54, 1.807) is 0 Å². The molecule has 0 spiro atoms. The SMILES string of the molecule is O=C(C1CCC(F)(F)CC1)N1CC(O)C(O)C1. The van der Waals surface area contributed by atoms with Crippen molar-refractivity contribution in [3.05, 3.63) is 0 Å². The first-order chi connectivity index (χ1) is 7.89. The maximum atomic E-state index is 12.9. The van der Waals surface area contributed by atoms with Crippen molar-refractivity contribution in [1.82, 2.24) is 4.90 Å². The molecule has 4 nitrogen and oxygen atoms in total. The monoisotopic (exact) mass is 249 g/mol. The molecule has 2 fully saturated rings. The Labute approximate surface area is 98.2 Å². The number of carbonyl (C=O) groups excluding carboxylic acids is 1. The van der Waals surface area contributed by atoms with E-state index in [0.29, 0.717) is 0 Å². The molecule has 2 rings (SSSR count). The molecule has 1 amide bonds. The third-order valence-electron chi connectivity index (χ3n) is 3.64. The molecular formula is C11H17F2NO3. The maximum Gasteiger partial charge on any atom is 0.248 e. The van der Waals surface area contributed by atoms with Crippen LogP contribution in [0.4, 0.5) is 8.78 Å². The molecule has 1 aliphatic heterocycles. The van der Waals surface area contributed by atoms with Crippen molar-refractivity contribution in [2.45, 2.75) is 43.8 Å². The minimum atomic E-state index is -2.64. The fourth-order valence-electron chi connectivity index (χ4n) is 2.49. The lowest BCUT2D eigenvalue weighted by atomic mass is 9.86. The van der Waals surface area contributed by atoms with Crippen LogP contribution in [-0.4, -0.2) is 52.2 Å². The highest BCUT2D eigenvalue weighted by atomic mass is 19.3. The molecule has 1 saturated carbocycles. The zero-order valence-electron chi connectivity index (χ0n) is 9.48. The van der Waals surface area contributed by atoms with Crippen molar-refractivity contribution in [1.29, 1.82) is 0 Å². The van der Waals surface area contributed by atoms with Gasteiger partial charge in [0.15, 0.2) is 0 Å². The minimum absolute atomic E-state index is 0.104. The Morgan fingerprint density at radius 1 is 1.12 bits per heavy atom. The van der Waals surface area contributed by atoms with E-state index < -0.39 is 18.1 Å². The van der Waals surface area contributed by atoms with Crippen LogP contribution in [0.2, 0.25) is 0 Å². The summed E-state index contributed by atoms with van der Waals surface area (Å²) in [6, 6.07) is 0. The van der Waals surface area contributed by atoms with Crippen LogP contribution in [0, 0.1) is 5.92 Å². The Kier molecular flexibility index (Phi) is 3.36. The number of aliphatic hydroxyl groups excluding tert-OH is 2. The van der Waals surface area contributed by atoms with Gasteiger partial charge in [0.25, 0.3) is 0 Å². The largest absolute Gasteiger partial charge is 0.388 e. The normalized spacial score (nSPS) is 34.0. The number of hydrogen-bond donors (Lipinski definition) is 2. The lowest BCUT2D eigenvalue weighted by Gasteiger charge is -2.30. The molecule has 0 aromatic carbocycles. The van der Waals surface area contributed by atoms with Crippen LogP contribution < -0.4 is 0 Å². The van der Waals surface area contributed by atoms with E-state index in [0.717, 1.165) is 0 Å². The fraction of sp³-hybridized carbons (Fsp3) is 0.909. The van der Waals surface area contributed by atoms with Crippen molar-refractivity contribution in [2.75, 3.05) is 13.1 Å². The molecule has 0 aromatic rings. The first-order valence-electron chi connectivity index (χ1n) is 5.92. The molecule has 98 valence electrons. The van der Waals surface area contributed by atoms with Crippen LogP contribution in [0.15, 0.2) is 0 Å². The molecule has 2 atom stereocenters. The van der Waals surface area contributed by atoms with Gasteiger partial charge in [-0.1, -0.05) is 0 Å². The van der Waals surface area contributed by atoms with Crippen LogP contribution in [0.3, 0.4) is 0 Å². The van der Waals surface area contributed by atoms with Gasteiger partial charge < -0.3 is 15.1 Å². The third-order valence-corrected chi connectivity index (χ3v) is 3.64. The number of amides is 1. The third kappa shape index (κ3) is 2.74. The van der Waals surface area contributed by atoms with Gasteiger partial charge in [-0.05, 0) is 12.8 Å². The van der Waals surface area contributed by atoms with Crippen LogP contribution in [-0.2, 0) is 4.79 Å². The molecule has 0 aromatic heterocycles. The van der Waals surface area contributed by atoms with Crippen molar-refractivity contribution in [3.63, 3.8) is 0 Å². The summed E-state index contributed by atoms with van der Waals surface area (Å²) in [4.78, 5) is 13.3. The molecule has 0 radical (unpaired) electrons. The number of rotatable bonds is 1. The molecule has 1 saturated heterocycles. The Hall–Kier alpha value is -0.750. The van der Waals surface area contributed by atoms with Gasteiger partial charge in [-0.15, -0.1) is 0 Å². The van der Waals surface area contributed by atoms with E-state index in [9.17, 15) is 23.8 Å². The summed E-state index contributed by atoms with van der Waals surface area (Å²) in [7, 11) is 0. The number of β-amino-alcohol motifs (C(OH)–C–C–N with tert-alkyl or cyclic N) is 2. The first kappa shape index (κ1) is 12.7. The number of alkyl halides is 2. The Morgan fingerprint density at radius 2 is 1.59 bits per heavy atom. The molecule has 17 heavy (non-hydrogen) atoms. The van der Waals surface area contributed by atoms with E-state index in [4.69, 9.17) is 0 Å². The van der Waals surface area contributed by atoms with Crippen LogP contribution in [0.1, 0.15) is 25.7 Å². The van der Waals surface area contributed by atoms with Gasteiger partial charge in [-0.3, -0.25) is 4.79 Å². The van der Waals surface area contributed by atoms with Crippen molar-refractivity contribution < 1.29 is 23.8 Å². The van der Waals surface area contributed by atoms with Gasteiger partial charge in [0.2, 0.25) is 11.8 Å². The minimum Gasteiger partial charge on any atom is -0.388 e. The van der Waals surface area contributed by atoms with E-state index >= 15 is 0 Å². The second kappa shape index (κ2) is 4.49. The first-order valence-corrected chi connectivity index (χ1v) is 5.92. The van der Waals surface area contributed by atoms with E-state index in [-0.39, 0.29) is 50.6 Å². The summed E-state index contributed by atoms with van der Waals surface area (Å²) >= 11 is 0. The zero-order chi connectivity index (χ0) is 12.6. The molecule has 2 N–H and O–H groups in total. The number of hydrogen-bond acceptors (Lipinski definition) is 3. The molecule has 2 unspecified atom stereocenters. The van der Waals surface area contributed by atoms with E-state index in [2.05, 4.69) is 0 Å². The Morgan fingerprint density at radius 3 is 2.06 bits per heavy atom. The maximum absolute atomic E-state index is 12.9. The van der Waals surface area contributed by atoms with Gasteiger partial charge in [0.1, 0.15) is 0 Å². The second-order valence-corrected chi connectivity index (χ2v) is 5.01. The standard InChI is InChI=1S/C11H17F2NO3/c12-11(13)3-1-7(2-4-11)10(17)14-5-8(15)9(16)6-14/h7-9,15-16H,1-6H2. The summed E-state index contributed by atoms with van der Waals surface area (Å²) < 4.78 is 25.9. The summed E-state index contributed by atoms with van der Waals surface area (Å²) in [6.45, 7) is 0.208. The highest BCUT2D eigenvalue weighted by Gasteiger charge is 2.41. The van der Waals surface area contributed by atoms with Gasteiger partial charge in [0, 0.05) is 31.8 Å². The van der Waals surface area contributed by atoms with Gasteiger partial charge >= 0.3 is 0 Å². The number of aliphatic hydroxyl groups is 2. The van der Waals surface area contributed by atoms with E-state index in [1.807, 2.05) is 0 Å². The van der Waals surface area contributed by atoms with Crippen molar-refractivity contribution >= 4 is 5.91 Å². The van der Waals surface area contributed by atoms with Gasteiger partial charge in [-0.25, -0.2) is 8.78 Å². The lowest BCUT2D eigenvalue weighted by Crippen LogP contribution is -2.38. The predicted molar refractivity (Wildman–Crippen MR) is 55.5 cm³/mol. The van der Waals surface area contributed by atoms with Crippen LogP contribution in [0.5, 0.6) is 0 Å². The molecular weight excluding hydrogens is 232 g/mol. The summed E-state index contributed by atoms with van der Waals surface area (Å²) in [5, 5.41) is 18.7. The molecule has 1 aliphatic carbocycles. The number of likely N-dealkylation sites (tertiary alicyclic amines) is 1.